The summed E-state index contributed by atoms with van der Waals surface area (Å²) < 4.78 is 17.1. The Morgan fingerprint density at radius 1 is 1.60 bits per heavy atom. The number of hydrogen-bond donors (Lipinski definition) is 3. The topological polar surface area (TPSA) is 75.7 Å². The van der Waals surface area contributed by atoms with Gasteiger partial charge in [-0.05, 0) is 0 Å². The van der Waals surface area contributed by atoms with Gasteiger partial charge in [0.1, 0.15) is 6.10 Å². The van der Waals surface area contributed by atoms with Crippen molar-refractivity contribution in [1.82, 2.24) is 0 Å². The van der Waals surface area contributed by atoms with Crippen LogP contribution in [0.15, 0.2) is 0 Å². The minimum atomic E-state index is -1.59. The van der Waals surface area contributed by atoms with E-state index in [0.29, 0.717) is 0 Å². The van der Waals surface area contributed by atoms with E-state index in [1.165, 1.54) is 0 Å². The molecule has 1 rings (SSSR count). The maximum Gasteiger partial charge on any atom is 0.188 e. The highest BCUT2D eigenvalue weighted by molar-refractivity contribution is 4.88. The average molecular weight is 151 g/mol. The van der Waals surface area contributed by atoms with Gasteiger partial charge < -0.3 is 20.7 Å². The number of ether oxygens (including phenoxy) is 1. The van der Waals surface area contributed by atoms with Crippen LogP contribution in [-0.4, -0.2) is 41.4 Å². The molecule has 5 heteroatoms. The Morgan fingerprint density at radius 2 is 2.20 bits per heavy atom. The number of alkyl halides is 1. The predicted octanol–water partition coefficient (Wildman–Crippen LogP) is -1.64. The number of aliphatic hydroxyl groups is 2. The molecule has 1 saturated heterocycles. The third-order valence-electron chi connectivity index (χ3n) is 1.56. The summed E-state index contributed by atoms with van der Waals surface area (Å²) in [4.78, 5) is 0. The van der Waals surface area contributed by atoms with Crippen molar-refractivity contribution < 1.29 is 19.3 Å². The molecule has 4 atom stereocenters. The lowest BCUT2D eigenvalue weighted by Gasteiger charge is -2.09. The maximum absolute atomic E-state index is 12.5. The van der Waals surface area contributed by atoms with E-state index in [-0.39, 0.29) is 6.61 Å². The SMILES string of the molecule is NC1C(CO)OC(O)C1F. The van der Waals surface area contributed by atoms with Crippen LogP contribution in [0.3, 0.4) is 0 Å². The van der Waals surface area contributed by atoms with Crippen LogP contribution in [-0.2, 0) is 4.74 Å². The normalized spacial score (nSPS) is 48.0. The largest absolute Gasteiger partial charge is 0.394 e. The van der Waals surface area contributed by atoms with Gasteiger partial charge in [-0.15, -0.1) is 0 Å². The molecule has 0 saturated carbocycles. The smallest absolute Gasteiger partial charge is 0.188 e. The van der Waals surface area contributed by atoms with Crippen molar-refractivity contribution in [3.63, 3.8) is 0 Å². The highest BCUT2D eigenvalue weighted by Crippen LogP contribution is 2.19. The van der Waals surface area contributed by atoms with Gasteiger partial charge >= 0.3 is 0 Å². The molecule has 1 fully saturated rings. The Bertz CT molecular complexity index is 123. The lowest BCUT2D eigenvalue weighted by atomic mass is 10.1. The first-order valence-corrected chi connectivity index (χ1v) is 3.01. The van der Waals surface area contributed by atoms with Gasteiger partial charge in [-0.2, -0.15) is 0 Å². The second kappa shape index (κ2) is 2.79. The van der Waals surface area contributed by atoms with Crippen LogP contribution in [0.1, 0.15) is 0 Å². The third-order valence-corrected chi connectivity index (χ3v) is 1.56. The highest BCUT2D eigenvalue weighted by Gasteiger charge is 2.41. The molecule has 0 aromatic rings. The summed E-state index contributed by atoms with van der Waals surface area (Å²) in [5.41, 5.74) is 5.20. The molecule has 60 valence electrons. The molecule has 10 heavy (non-hydrogen) atoms. The summed E-state index contributed by atoms with van der Waals surface area (Å²) in [6.45, 7) is -0.362. The van der Waals surface area contributed by atoms with E-state index in [2.05, 4.69) is 4.74 Å². The van der Waals surface area contributed by atoms with Crippen LogP contribution < -0.4 is 5.73 Å². The van der Waals surface area contributed by atoms with Gasteiger partial charge in [-0.25, -0.2) is 4.39 Å². The number of halogens is 1. The van der Waals surface area contributed by atoms with Gasteiger partial charge in [0.15, 0.2) is 12.5 Å². The van der Waals surface area contributed by atoms with Gasteiger partial charge in [0, 0.05) is 0 Å². The standard InChI is InChI=1S/C5H10FNO3/c6-3-4(7)2(1-8)10-5(3)9/h2-5,8-9H,1,7H2. The van der Waals surface area contributed by atoms with Crippen molar-refractivity contribution >= 4 is 0 Å². The third kappa shape index (κ3) is 1.13. The van der Waals surface area contributed by atoms with Crippen LogP contribution in [0.5, 0.6) is 0 Å². The number of aliphatic hydroxyl groups excluding tert-OH is 2. The van der Waals surface area contributed by atoms with Gasteiger partial charge in [0.2, 0.25) is 0 Å². The van der Waals surface area contributed by atoms with E-state index < -0.39 is 24.6 Å². The van der Waals surface area contributed by atoms with Crippen LogP contribution >= 0.6 is 0 Å². The number of hydrogen-bond acceptors (Lipinski definition) is 4. The molecular formula is C5H10FNO3. The second-order valence-corrected chi connectivity index (χ2v) is 2.27. The molecule has 4 nitrogen and oxygen atoms in total. The highest BCUT2D eigenvalue weighted by atomic mass is 19.1. The van der Waals surface area contributed by atoms with Gasteiger partial charge in [-0.1, -0.05) is 0 Å². The van der Waals surface area contributed by atoms with Crippen LogP contribution in [0.25, 0.3) is 0 Å². The molecule has 1 aliphatic heterocycles. The van der Waals surface area contributed by atoms with Crippen molar-refractivity contribution in [1.29, 1.82) is 0 Å². The van der Waals surface area contributed by atoms with E-state index in [1.807, 2.05) is 0 Å². The lowest BCUT2D eigenvalue weighted by Crippen LogP contribution is -2.39. The van der Waals surface area contributed by atoms with Crippen LogP contribution in [0.2, 0.25) is 0 Å². The number of nitrogens with two attached hydrogens (primary N) is 1. The van der Waals surface area contributed by atoms with E-state index in [1.54, 1.807) is 0 Å². The van der Waals surface area contributed by atoms with Crippen molar-refractivity contribution in [2.75, 3.05) is 6.61 Å². The molecule has 0 aromatic carbocycles. The first kappa shape index (κ1) is 7.87. The Balaban J connectivity index is 2.53. The molecular weight excluding hydrogens is 141 g/mol. The molecule has 0 amide bonds. The first-order valence-electron chi connectivity index (χ1n) is 3.01. The van der Waals surface area contributed by atoms with Crippen LogP contribution in [0.4, 0.5) is 4.39 Å². The van der Waals surface area contributed by atoms with Crippen molar-refractivity contribution in [2.45, 2.75) is 24.6 Å². The molecule has 1 aliphatic rings. The molecule has 1 heterocycles. The Hall–Kier alpha value is -0.230. The van der Waals surface area contributed by atoms with Gasteiger partial charge in [-0.3, -0.25) is 0 Å². The molecule has 4 unspecified atom stereocenters. The molecule has 0 radical (unpaired) electrons. The van der Waals surface area contributed by atoms with E-state index in [9.17, 15) is 4.39 Å². The van der Waals surface area contributed by atoms with E-state index >= 15 is 0 Å². The molecule has 0 aromatic heterocycles. The molecule has 0 spiro atoms. The summed E-state index contributed by atoms with van der Waals surface area (Å²) in [6.07, 6.45) is -3.84. The predicted molar refractivity (Wildman–Crippen MR) is 30.8 cm³/mol. The zero-order valence-electron chi connectivity index (χ0n) is 5.27. The Kier molecular flexibility index (Phi) is 2.20. The van der Waals surface area contributed by atoms with Crippen molar-refractivity contribution in [3.8, 4) is 0 Å². The lowest BCUT2D eigenvalue weighted by molar-refractivity contribution is -0.120. The summed E-state index contributed by atoms with van der Waals surface area (Å²) in [7, 11) is 0. The fourth-order valence-corrected chi connectivity index (χ4v) is 0.905. The molecule has 0 bridgehead atoms. The first-order chi connectivity index (χ1) is 4.66. The Labute approximate surface area is 57.4 Å². The minimum absolute atomic E-state index is 0.362. The second-order valence-electron chi connectivity index (χ2n) is 2.27. The quantitative estimate of drug-likeness (QED) is 0.420. The summed E-state index contributed by atoms with van der Waals surface area (Å²) >= 11 is 0. The molecule has 0 aliphatic carbocycles. The average Bonchev–Trinajstić information content (AvgIpc) is 2.17. The summed E-state index contributed by atoms with van der Waals surface area (Å²) in [5, 5.41) is 17.2. The van der Waals surface area contributed by atoms with Crippen LogP contribution in [0, 0.1) is 0 Å². The maximum atomic E-state index is 12.5. The van der Waals surface area contributed by atoms with Crippen molar-refractivity contribution in [2.24, 2.45) is 5.73 Å². The molecule has 4 N–H and O–H groups in total. The minimum Gasteiger partial charge on any atom is -0.394 e. The van der Waals surface area contributed by atoms with Gasteiger partial charge in [0.25, 0.3) is 0 Å². The summed E-state index contributed by atoms with van der Waals surface area (Å²) in [6, 6.07) is -0.917. The fourth-order valence-electron chi connectivity index (χ4n) is 0.905. The van der Waals surface area contributed by atoms with E-state index in [4.69, 9.17) is 15.9 Å². The zero-order valence-corrected chi connectivity index (χ0v) is 5.27. The van der Waals surface area contributed by atoms with Crippen molar-refractivity contribution in [3.05, 3.63) is 0 Å². The summed E-state index contributed by atoms with van der Waals surface area (Å²) in [5.74, 6) is 0. The Morgan fingerprint density at radius 3 is 2.40 bits per heavy atom. The van der Waals surface area contributed by atoms with E-state index in [0.717, 1.165) is 0 Å². The van der Waals surface area contributed by atoms with Gasteiger partial charge in [0.05, 0.1) is 12.6 Å². The monoisotopic (exact) mass is 151 g/mol. The number of rotatable bonds is 1. The zero-order chi connectivity index (χ0) is 7.72. The fraction of sp³-hybridized carbons (Fsp3) is 1.00.